The van der Waals surface area contributed by atoms with Gasteiger partial charge in [0.15, 0.2) is 0 Å². The average Bonchev–Trinajstić information content (AvgIpc) is 2.16. The molecule has 0 aliphatic carbocycles. The molecule has 1 aromatic rings. The number of hydrogen-bond donors (Lipinski definition) is 0. The van der Waals surface area contributed by atoms with Gasteiger partial charge in [-0.05, 0) is 22.0 Å². The van der Waals surface area contributed by atoms with Crippen molar-refractivity contribution in [2.45, 2.75) is 5.88 Å². The van der Waals surface area contributed by atoms with Crippen LogP contribution in [0, 0.1) is 10.1 Å². The van der Waals surface area contributed by atoms with Crippen molar-refractivity contribution in [2.75, 3.05) is 7.11 Å². The Morgan fingerprint density at radius 2 is 2.29 bits per heavy atom. The van der Waals surface area contributed by atoms with Crippen LogP contribution in [0.2, 0.25) is 0 Å². The number of ether oxygens (including phenoxy) is 1. The number of halogens is 2. The third-order valence-corrected chi connectivity index (χ3v) is 2.61. The Balaban J connectivity index is 3.40. The second-order valence-electron chi connectivity index (χ2n) is 2.47. The second-order valence-corrected chi connectivity index (χ2v) is 3.59. The van der Waals surface area contributed by atoms with Gasteiger partial charge in [-0.3, -0.25) is 10.1 Å². The Morgan fingerprint density at radius 3 is 2.71 bits per heavy atom. The predicted molar refractivity (Wildman–Crippen MR) is 56.9 cm³/mol. The largest absolute Gasteiger partial charge is 0.495 e. The summed E-state index contributed by atoms with van der Waals surface area (Å²) in [7, 11) is 1.44. The molecule has 0 amide bonds. The minimum absolute atomic E-state index is 0.0277. The molecular weight excluding hydrogens is 273 g/mol. The molecule has 0 saturated carbocycles. The fourth-order valence-corrected chi connectivity index (χ4v) is 1.90. The maximum Gasteiger partial charge on any atom is 0.277 e. The Labute approximate surface area is 94.1 Å². The molecule has 76 valence electrons. The molecule has 1 aromatic carbocycles. The van der Waals surface area contributed by atoms with Gasteiger partial charge in [0, 0.05) is 6.07 Å². The van der Waals surface area contributed by atoms with Crippen LogP contribution in [0.4, 0.5) is 5.69 Å². The van der Waals surface area contributed by atoms with Crippen molar-refractivity contribution in [3.05, 3.63) is 32.3 Å². The van der Waals surface area contributed by atoms with Crippen LogP contribution in [0.25, 0.3) is 0 Å². The number of alkyl halides is 1. The molecule has 14 heavy (non-hydrogen) atoms. The number of nitrogens with zero attached hydrogens (tertiary/aromatic N) is 1. The summed E-state index contributed by atoms with van der Waals surface area (Å²) in [6, 6.07) is 2.96. The van der Waals surface area contributed by atoms with Gasteiger partial charge in [-0.2, -0.15) is 0 Å². The van der Waals surface area contributed by atoms with E-state index in [9.17, 15) is 10.1 Å². The lowest BCUT2D eigenvalue weighted by Crippen LogP contribution is -1.97. The highest BCUT2D eigenvalue weighted by Crippen LogP contribution is 2.36. The average molecular weight is 281 g/mol. The van der Waals surface area contributed by atoms with Crippen molar-refractivity contribution in [2.24, 2.45) is 0 Å². The van der Waals surface area contributed by atoms with Gasteiger partial charge < -0.3 is 4.74 Å². The third-order valence-electron chi connectivity index (χ3n) is 1.72. The van der Waals surface area contributed by atoms with Crippen LogP contribution in [-0.4, -0.2) is 12.0 Å². The first kappa shape index (κ1) is 11.3. The van der Waals surface area contributed by atoms with Crippen LogP contribution in [0.3, 0.4) is 0 Å². The zero-order valence-electron chi connectivity index (χ0n) is 7.29. The molecule has 4 nitrogen and oxygen atoms in total. The highest BCUT2D eigenvalue weighted by molar-refractivity contribution is 9.10. The Hall–Kier alpha value is -0.810. The first-order chi connectivity index (χ1) is 6.61. The minimum atomic E-state index is -0.479. The Morgan fingerprint density at radius 1 is 1.64 bits per heavy atom. The lowest BCUT2D eigenvalue weighted by molar-refractivity contribution is -0.385. The summed E-state index contributed by atoms with van der Waals surface area (Å²) in [5.41, 5.74) is 0.355. The molecule has 0 radical (unpaired) electrons. The summed E-state index contributed by atoms with van der Waals surface area (Å²) in [5.74, 6) is 0.452. The van der Waals surface area contributed by atoms with Gasteiger partial charge >= 0.3 is 0 Å². The summed E-state index contributed by atoms with van der Waals surface area (Å²) in [5, 5.41) is 10.6. The zero-order valence-corrected chi connectivity index (χ0v) is 9.63. The maximum absolute atomic E-state index is 10.6. The van der Waals surface area contributed by atoms with Crippen LogP contribution in [-0.2, 0) is 5.88 Å². The van der Waals surface area contributed by atoms with Crippen molar-refractivity contribution in [1.82, 2.24) is 0 Å². The SMILES string of the molecule is COc1c(Br)ccc([N+](=O)[O-])c1CCl. The second kappa shape index (κ2) is 4.61. The van der Waals surface area contributed by atoms with Crippen LogP contribution in [0.15, 0.2) is 16.6 Å². The Kier molecular flexibility index (Phi) is 3.71. The van der Waals surface area contributed by atoms with Gasteiger partial charge in [0.1, 0.15) is 5.75 Å². The van der Waals surface area contributed by atoms with Crippen LogP contribution in [0.5, 0.6) is 5.75 Å². The van der Waals surface area contributed by atoms with E-state index in [2.05, 4.69) is 15.9 Å². The van der Waals surface area contributed by atoms with Gasteiger partial charge in [-0.25, -0.2) is 0 Å². The normalized spacial score (nSPS) is 9.93. The lowest BCUT2D eigenvalue weighted by atomic mass is 10.2. The molecule has 0 aromatic heterocycles. The van der Waals surface area contributed by atoms with Crippen LogP contribution < -0.4 is 4.74 Å². The summed E-state index contributed by atoms with van der Waals surface area (Å²) in [6.07, 6.45) is 0. The lowest BCUT2D eigenvalue weighted by Gasteiger charge is -2.08. The van der Waals surface area contributed by atoms with Gasteiger partial charge in [0.2, 0.25) is 0 Å². The molecule has 0 unspecified atom stereocenters. The first-order valence-corrected chi connectivity index (χ1v) is 5.00. The predicted octanol–water partition coefficient (Wildman–Crippen LogP) is 3.10. The van der Waals surface area contributed by atoms with Crippen molar-refractivity contribution in [3.63, 3.8) is 0 Å². The summed E-state index contributed by atoms with van der Waals surface area (Å²) < 4.78 is 5.68. The number of methoxy groups -OCH3 is 1. The van der Waals surface area contributed by atoms with Crippen molar-refractivity contribution >= 4 is 33.2 Å². The first-order valence-electron chi connectivity index (χ1n) is 3.67. The smallest absolute Gasteiger partial charge is 0.277 e. The number of hydrogen-bond acceptors (Lipinski definition) is 3. The van der Waals surface area contributed by atoms with Crippen molar-refractivity contribution < 1.29 is 9.66 Å². The molecular formula is C8H7BrClNO3. The molecule has 0 aliphatic heterocycles. The molecule has 0 atom stereocenters. The highest BCUT2D eigenvalue weighted by Gasteiger charge is 2.19. The quantitative estimate of drug-likeness (QED) is 0.485. The van der Waals surface area contributed by atoms with Crippen molar-refractivity contribution in [3.8, 4) is 5.75 Å². The van der Waals surface area contributed by atoms with Gasteiger partial charge in [-0.15, -0.1) is 11.6 Å². The van der Waals surface area contributed by atoms with Gasteiger partial charge in [-0.1, -0.05) is 0 Å². The van der Waals surface area contributed by atoms with E-state index in [0.717, 1.165) is 0 Å². The van der Waals surface area contributed by atoms with Gasteiger partial charge in [0.05, 0.1) is 27.9 Å². The van der Waals surface area contributed by atoms with E-state index >= 15 is 0 Å². The summed E-state index contributed by atoms with van der Waals surface area (Å²) >= 11 is 8.85. The fraction of sp³-hybridized carbons (Fsp3) is 0.250. The molecule has 0 bridgehead atoms. The summed E-state index contributed by atoms with van der Waals surface area (Å²) in [4.78, 5) is 10.2. The molecule has 0 N–H and O–H groups in total. The fourth-order valence-electron chi connectivity index (χ4n) is 1.11. The van der Waals surface area contributed by atoms with E-state index in [-0.39, 0.29) is 11.6 Å². The maximum atomic E-state index is 10.6. The molecule has 0 saturated heterocycles. The summed E-state index contributed by atoms with van der Waals surface area (Å²) in [6.45, 7) is 0. The number of rotatable bonds is 3. The van der Waals surface area contributed by atoms with E-state index in [4.69, 9.17) is 16.3 Å². The molecule has 0 aliphatic rings. The van der Waals surface area contributed by atoms with E-state index in [0.29, 0.717) is 15.8 Å². The monoisotopic (exact) mass is 279 g/mol. The van der Waals surface area contributed by atoms with Crippen molar-refractivity contribution in [1.29, 1.82) is 0 Å². The topological polar surface area (TPSA) is 52.4 Å². The number of nitro benzene ring substituents is 1. The molecule has 0 fully saturated rings. The number of benzene rings is 1. The van der Waals surface area contributed by atoms with E-state index in [1.54, 1.807) is 6.07 Å². The zero-order chi connectivity index (χ0) is 10.7. The third kappa shape index (κ3) is 1.99. The molecule has 6 heteroatoms. The molecule has 0 heterocycles. The molecule has 1 rings (SSSR count). The van der Waals surface area contributed by atoms with E-state index < -0.39 is 4.92 Å². The Bertz CT molecular complexity index is 370. The molecule has 0 spiro atoms. The van der Waals surface area contributed by atoms with Crippen LogP contribution in [0.1, 0.15) is 5.56 Å². The van der Waals surface area contributed by atoms with Gasteiger partial charge in [0.25, 0.3) is 5.69 Å². The standard InChI is InChI=1S/C8H7BrClNO3/c1-14-8-5(4-10)7(11(12)13)3-2-6(8)9/h2-3H,4H2,1H3. The number of nitro groups is 1. The minimum Gasteiger partial charge on any atom is -0.495 e. The van der Waals surface area contributed by atoms with E-state index in [1.807, 2.05) is 0 Å². The highest BCUT2D eigenvalue weighted by atomic mass is 79.9. The van der Waals surface area contributed by atoms with E-state index in [1.165, 1.54) is 13.2 Å². The van der Waals surface area contributed by atoms with Crippen LogP contribution >= 0.6 is 27.5 Å².